The second kappa shape index (κ2) is 6.65. The molecule has 7 N–H and O–H groups in total. The van der Waals surface area contributed by atoms with E-state index in [1.807, 2.05) is 25.1 Å². The number of nitrogens with zero attached hydrogens (tertiary/aromatic N) is 1. The molecule has 2 aliphatic heterocycles. The summed E-state index contributed by atoms with van der Waals surface area (Å²) in [5, 5.41) is 6.19. The van der Waals surface area contributed by atoms with Crippen molar-refractivity contribution in [3.63, 3.8) is 0 Å². The molecule has 0 radical (unpaired) electrons. The summed E-state index contributed by atoms with van der Waals surface area (Å²) in [5.41, 5.74) is 14.3. The lowest BCUT2D eigenvalue weighted by molar-refractivity contribution is -0.110. The maximum Gasteiger partial charge on any atom is 0.256 e. The standard InChI is InChI=1S/C19H20N6O2/c1-10-15(9-23-19-17(10)22-4-5-27-19)11-2-3-16-13(6-11)14(18(26)24-16)7-12(8-20)25-21/h2-3,6-9,22,25H,4-5,20-21H2,1H3,(H,24,26)/b12-8-,14-7-. The normalized spacial score (nSPS) is 16.9. The first-order valence-corrected chi connectivity index (χ1v) is 8.55. The molecule has 0 spiro atoms. The van der Waals surface area contributed by atoms with E-state index in [-0.39, 0.29) is 5.91 Å². The van der Waals surface area contributed by atoms with E-state index in [9.17, 15) is 4.79 Å². The van der Waals surface area contributed by atoms with Crippen LogP contribution in [0.15, 0.2) is 42.4 Å². The molecule has 1 amide bonds. The average molecular weight is 364 g/mol. The SMILES string of the molecule is Cc1c(-c2ccc3c(c2)/C(=C/C(=C/N)NN)C(=O)N3)cnc2c1NCCO2. The first kappa shape index (κ1) is 16.9. The number of pyridine rings is 1. The molecule has 1 aromatic carbocycles. The van der Waals surface area contributed by atoms with Gasteiger partial charge < -0.3 is 26.5 Å². The lowest BCUT2D eigenvalue weighted by Crippen LogP contribution is -2.21. The molecule has 27 heavy (non-hydrogen) atoms. The van der Waals surface area contributed by atoms with Gasteiger partial charge in [0.25, 0.3) is 5.91 Å². The van der Waals surface area contributed by atoms with Gasteiger partial charge in [0.05, 0.1) is 11.3 Å². The number of nitrogens with two attached hydrogens (primary N) is 2. The summed E-state index contributed by atoms with van der Waals surface area (Å²) in [6.07, 6.45) is 4.73. The van der Waals surface area contributed by atoms with Crippen LogP contribution in [0, 0.1) is 6.92 Å². The Labute approximate surface area is 156 Å². The number of hydrogen-bond donors (Lipinski definition) is 5. The molecule has 0 fully saturated rings. The van der Waals surface area contributed by atoms with Gasteiger partial charge in [0.1, 0.15) is 12.3 Å². The minimum Gasteiger partial charge on any atom is -0.474 e. The van der Waals surface area contributed by atoms with E-state index in [0.29, 0.717) is 23.8 Å². The molecule has 2 aliphatic rings. The Hall–Kier alpha value is -3.52. The van der Waals surface area contributed by atoms with Crippen LogP contribution < -0.4 is 32.4 Å². The maximum atomic E-state index is 12.3. The van der Waals surface area contributed by atoms with Gasteiger partial charge in [-0.1, -0.05) is 6.07 Å². The number of carbonyl (C=O) groups excluding carboxylic acids is 1. The Morgan fingerprint density at radius 3 is 3.00 bits per heavy atom. The lowest BCUT2D eigenvalue weighted by atomic mass is 9.96. The van der Waals surface area contributed by atoms with Gasteiger partial charge in [0.2, 0.25) is 5.88 Å². The Kier molecular flexibility index (Phi) is 4.17. The third kappa shape index (κ3) is 2.85. The number of anilines is 2. The summed E-state index contributed by atoms with van der Waals surface area (Å²) in [6, 6.07) is 5.81. The highest BCUT2D eigenvalue weighted by molar-refractivity contribution is 6.32. The molecule has 0 atom stereocenters. The van der Waals surface area contributed by atoms with Crippen molar-refractivity contribution in [2.75, 3.05) is 23.8 Å². The Balaban J connectivity index is 1.81. The van der Waals surface area contributed by atoms with Gasteiger partial charge in [0.15, 0.2) is 0 Å². The van der Waals surface area contributed by atoms with Crippen LogP contribution in [0.4, 0.5) is 11.4 Å². The minimum atomic E-state index is -0.202. The van der Waals surface area contributed by atoms with Crippen molar-refractivity contribution < 1.29 is 9.53 Å². The van der Waals surface area contributed by atoms with Gasteiger partial charge in [-0.05, 0) is 36.3 Å². The zero-order valence-electron chi connectivity index (χ0n) is 14.8. The zero-order valence-corrected chi connectivity index (χ0v) is 14.8. The van der Waals surface area contributed by atoms with Crippen LogP contribution in [0.1, 0.15) is 11.1 Å². The minimum absolute atomic E-state index is 0.202. The molecular weight excluding hydrogens is 344 g/mol. The van der Waals surface area contributed by atoms with E-state index in [4.69, 9.17) is 16.3 Å². The molecule has 0 aliphatic carbocycles. The number of carbonyl (C=O) groups is 1. The molecule has 1 aromatic heterocycles. The van der Waals surface area contributed by atoms with Crippen LogP contribution >= 0.6 is 0 Å². The summed E-state index contributed by atoms with van der Waals surface area (Å²) >= 11 is 0. The number of nitrogens with one attached hydrogen (secondary N) is 3. The highest BCUT2D eigenvalue weighted by atomic mass is 16.5. The first-order chi connectivity index (χ1) is 13.1. The van der Waals surface area contributed by atoms with E-state index >= 15 is 0 Å². The maximum absolute atomic E-state index is 12.3. The molecule has 0 bridgehead atoms. The van der Waals surface area contributed by atoms with Crippen LogP contribution in [-0.4, -0.2) is 24.0 Å². The van der Waals surface area contributed by atoms with Gasteiger partial charge in [-0.2, -0.15) is 0 Å². The molecule has 8 nitrogen and oxygen atoms in total. The topological polar surface area (TPSA) is 127 Å². The van der Waals surface area contributed by atoms with Crippen molar-refractivity contribution in [1.82, 2.24) is 10.4 Å². The summed E-state index contributed by atoms with van der Waals surface area (Å²) in [4.78, 5) is 16.8. The van der Waals surface area contributed by atoms with Crippen LogP contribution in [-0.2, 0) is 4.79 Å². The van der Waals surface area contributed by atoms with E-state index in [0.717, 1.165) is 40.2 Å². The largest absolute Gasteiger partial charge is 0.474 e. The quantitative estimate of drug-likeness (QED) is 0.317. The fourth-order valence-corrected chi connectivity index (χ4v) is 3.30. The number of benzene rings is 1. The number of allylic oxidation sites excluding steroid dienone is 1. The molecule has 3 heterocycles. The molecule has 0 saturated heterocycles. The van der Waals surface area contributed by atoms with Crippen molar-refractivity contribution >= 4 is 22.9 Å². The monoisotopic (exact) mass is 364 g/mol. The van der Waals surface area contributed by atoms with Gasteiger partial charge in [0, 0.05) is 35.8 Å². The predicted molar refractivity (Wildman–Crippen MR) is 105 cm³/mol. The van der Waals surface area contributed by atoms with Crippen molar-refractivity contribution in [3.8, 4) is 17.0 Å². The summed E-state index contributed by atoms with van der Waals surface area (Å²) in [5.74, 6) is 5.85. The van der Waals surface area contributed by atoms with Crippen molar-refractivity contribution in [2.45, 2.75) is 6.92 Å². The molecule has 0 unspecified atom stereocenters. The van der Waals surface area contributed by atoms with Gasteiger partial charge in [-0.25, -0.2) is 4.98 Å². The predicted octanol–water partition coefficient (Wildman–Crippen LogP) is 1.46. The fraction of sp³-hybridized carbons (Fsp3) is 0.158. The third-order valence-corrected chi connectivity index (χ3v) is 4.71. The highest BCUT2D eigenvalue weighted by Crippen LogP contribution is 2.39. The van der Waals surface area contributed by atoms with Crippen LogP contribution in [0.5, 0.6) is 5.88 Å². The number of hydrazine groups is 1. The number of ether oxygens (including phenoxy) is 1. The molecule has 0 saturated carbocycles. The van der Waals surface area contributed by atoms with E-state index in [1.165, 1.54) is 6.20 Å². The summed E-state index contributed by atoms with van der Waals surface area (Å²) in [7, 11) is 0. The van der Waals surface area contributed by atoms with Crippen LogP contribution in [0.25, 0.3) is 16.7 Å². The zero-order chi connectivity index (χ0) is 19.0. The highest BCUT2D eigenvalue weighted by Gasteiger charge is 2.25. The number of aromatic nitrogens is 1. The summed E-state index contributed by atoms with van der Waals surface area (Å²) in [6.45, 7) is 3.37. The average Bonchev–Trinajstić information content (AvgIpc) is 3.01. The van der Waals surface area contributed by atoms with Gasteiger partial charge in [-0.3, -0.25) is 10.6 Å². The lowest BCUT2D eigenvalue weighted by Gasteiger charge is -2.21. The second-order valence-electron chi connectivity index (χ2n) is 6.29. The molecular formula is C19H20N6O2. The Morgan fingerprint density at radius 1 is 1.37 bits per heavy atom. The van der Waals surface area contributed by atoms with Crippen molar-refractivity contribution in [2.24, 2.45) is 11.6 Å². The Bertz CT molecular complexity index is 996. The summed E-state index contributed by atoms with van der Waals surface area (Å²) < 4.78 is 5.59. The van der Waals surface area contributed by atoms with Gasteiger partial charge >= 0.3 is 0 Å². The fourth-order valence-electron chi connectivity index (χ4n) is 3.30. The number of hydrogen-bond acceptors (Lipinski definition) is 7. The van der Waals surface area contributed by atoms with Gasteiger partial charge in [-0.15, -0.1) is 0 Å². The number of fused-ring (bicyclic) bond motifs is 2. The number of rotatable bonds is 3. The van der Waals surface area contributed by atoms with Crippen molar-refractivity contribution in [3.05, 3.63) is 53.5 Å². The number of amides is 1. The molecule has 8 heteroatoms. The van der Waals surface area contributed by atoms with E-state index in [1.54, 1.807) is 12.3 Å². The van der Waals surface area contributed by atoms with Crippen LogP contribution in [0.3, 0.4) is 0 Å². The smallest absolute Gasteiger partial charge is 0.256 e. The molecule has 2 aromatic rings. The first-order valence-electron chi connectivity index (χ1n) is 8.55. The molecule has 4 rings (SSSR count). The molecule has 138 valence electrons. The third-order valence-electron chi connectivity index (χ3n) is 4.71. The van der Waals surface area contributed by atoms with Crippen molar-refractivity contribution in [1.29, 1.82) is 0 Å². The van der Waals surface area contributed by atoms with E-state index < -0.39 is 0 Å². The Morgan fingerprint density at radius 2 is 2.22 bits per heavy atom. The van der Waals surface area contributed by atoms with Crippen LogP contribution in [0.2, 0.25) is 0 Å². The second-order valence-corrected chi connectivity index (χ2v) is 6.29. The van der Waals surface area contributed by atoms with E-state index in [2.05, 4.69) is 21.0 Å².